The van der Waals surface area contributed by atoms with Crippen molar-refractivity contribution in [2.75, 3.05) is 0 Å². The van der Waals surface area contributed by atoms with E-state index in [9.17, 15) is 0 Å². The Morgan fingerprint density at radius 2 is 1.88 bits per heavy atom. The minimum Gasteiger partial charge on any atom is -0.373 e. The van der Waals surface area contributed by atoms with Crippen LogP contribution in [-0.4, -0.2) is 6.10 Å². The molecule has 0 N–H and O–H groups in total. The topological polar surface area (TPSA) is 9.23 Å². The van der Waals surface area contributed by atoms with Crippen molar-refractivity contribution in [3.8, 4) is 0 Å². The summed E-state index contributed by atoms with van der Waals surface area (Å²) in [5.41, 5.74) is 1.22. The first-order valence-corrected chi connectivity index (χ1v) is 5.74. The molecule has 1 rings (SSSR count). The first-order chi connectivity index (χ1) is 7.86. The number of hydrogen-bond acceptors (Lipinski definition) is 1. The van der Waals surface area contributed by atoms with Gasteiger partial charge in [0.1, 0.15) is 0 Å². The number of benzene rings is 1. The standard InChI is InChI=1S/C15H20O/c1-3-5-12-15(9-4-2)16-13-14-10-7-6-8-11-14/h3-4,6-8,10-11,15H,1-2,5,9,12-13H2/t15-/m1/s1. The highest BCUT2D eigenvalue weighted by atomic mass is 16.5. The second-order valence-corrected chi connectivity index (χ2v) is 3.81. The van der Waals surface area contributed by atoms with Gasteiger partial charge in [-0.25, -0.2) is 0 Å². The third-order valence-corrected chi connectivity index (χ3v) is 2.45. The van der Waals surface area contributed by atoms with Crippen molar-refractivity contribution in [1.82, 2.24) is 0 Å². The zero-order valence-electron chi connectivity index (χ0n) is 9.77. The zero-order valence-corrected chi connectivity index (χ0v) is 9.77. The van der Waals surface area contributed by atoms with E-state index in [2.05, 4.69) is 25.3 Å². The van der Waals surface area contributed by atoms with E-state index in [-0.39, 0.29) is 6.10 Å². The molecule has 1 atom stereocenters. The molecule has 1 aromatic carbocycles. The Morgan fingerprint density at radius 1 is 1.12 bits per heavy atom. The van der Waals surface area contributed by atoms with Crippen LogP contribution in [0.15, 0.2) is 55.6 Å². The molecule has 0 bridgehead atoms. The van der Waals surface area contributed by atoms with Gasteiger partial charge in [0.05, 0.1) is 12.7 Å². The van der Waals surface area contributed by atoms with Crippen LogP contribution in [-0.2, 0) is 11.3 Å². The SMILES string of the molecule is C=CCC[C@@H](CC=C)OCc1ccccc1. The van der Waals surface area contributed by atoms with Gasteiger partial charge in [0.2, 0.25) is 0 Å². The van der Waals surface area contributed by atoms with Gasteiger partial charge >= 0.3 is 0 Å². The lowest BCUT2D eigenvalue weighted by Gasteiger charge is -2.15. The van der Waals surface area contributed by atoms with E-state index in [1.807, 2.05) is 30.4 Å². The Balaban J connectivity index is 2.36. The molecule has 1 aromatic rings. The van der Waals surface area contributed by atoms with Gasteiger partial charge in [0.15, 0.2) is 0 Å². The highest BCUT2D eigenvalue weighted by molar-refractivity contribution is 5.13. The highest BCUT2D eigenvalue weighted by Gasteiger charge is 2.06. The lowest BCUT2D eigenvalue weighted by Crippen LogP contribution is -2.11. The van der Waals surface area contributed by atoms with Crippen LogP contribution in [0.2, 0.25) is 0 Å². The summed E-state index contributed by atoms with van der Waals surface area (Å²) in [6.45, 7) is 8.16. The normalized spacial score (nSPS) is 12.0. The Morgan fingerprint density at radius 3 is 2.50 bits per heavy atom. The van der Waals surface area contributed by atoms with Crippen LogP contribution in [0.25, 0.3) is 0 Å². The van der Waals surface area contributed by atoms with E-state index in [0.29, 0.717) is 6.61 Å². The van der Waals surface area contributed by atoms with Crippen molar-refractivity contribution in [3.63, 3.8) is 0 Å². The summed E-state index contributed by atoms with van der Waals surface area (Å²) in [5.74, 6) is 0. The molecule has 0 aliphatic rings. The summed E-state index contributed by atoms with van der Waals surface area (Å²) in [6, 6.07) is 10.2. The van der Waals surface area contributed by atoms with Crippen LogP contribution in [0.4, 0.5) is 0 Å². The summed E-state index contributed by atoms with van der Waals surface area (Å²) < 4.78 is 5.85. The van der Waals surface area contributed by atoms with Gasteiger partial charge in [0, 0.05) is 0 Å². The lowest BCUT2D eigenvalue weighted by atomic mass is 10.1. The quantitative estimate of drug-likeness (QED) is 0.594. The molecule has 0 amide bonds. The third kappa shape index (κ3) is 4.94. The minimum atomic E-state index is 0.260. The van der Waals surface area contributed by atoms with Crippen LogP contribution in [0, 0.1) is 0 Å². The lowest BCUT2D eigenvalue weighted by molar-refractivity contribution is 0.0377. The molecule has 0 fully saturated rings. The summed E-state index contributed by atoms with van der Waals surface area (Å²) in [4.78, 5) is 0. The van der Waals surface area contributed by atoms with E-state index in [1.54, 1.807) is 0 Å². The Bertz CT molecular complexity index is 302. The summed E-state index contributed by atoms with van der Waals surface area (Å²) in [6.07, 6.45) is 7.02. The molecule has 1 nitrogen and oxygen atoms in total. The molecule has 0 spiro atoms. The van der Waals surface area contributed by atoms with Crippen LogP contribution in [0.1, 0.15) is 24.8 Å². The van der Waals surface area contributed by atoms with Gasteiger partial charge in [-0.05, 0) is 24.8 Å². The van der Waals surface area contributed by atoms with Crippen molar-refractivity contribution in [1.29, 1.82) is 0 Å². The van der Waals surface area contributed by atoms with Gasteiger partial charge < -0.3 is 4.74 Å². The molecule has 0 aliphatic carbocycles. The van der Waals surface area contributed by atoms with Gasteiger partial charge in [0.25, 0.3) is 0 Å². The molecule has 0 unspecified atom stereocenters. The van der Waals surface area contributed by atoms with E-state index >= 15 is 0 Å². The maximum absolute atomic E-state index is 5.85. The fourth-order valence-corrected chi connectivity index (χ4v) is 1.55. The van der Waals surface area contributed by atoms with Gasteiger partial charge in [-0.3, -0.25) is 0 Å². The first kappa shape index (κ1) is 12.7. The van der Waals surface area contributed by atoms with E-state index in [0.717, 1.165) is 19.3 Å². The predicted molar refractivity (Wildman–Crippen MR) is 69.3 cm³/mol. The fourth-order valence-electron chi connectivity index (χ4n) is 1.55. The fraction of sp³-hybridized carbons (Fsp3) is 0.333. The molecular weight excluding hydrogens is 196 g/mol. The molecule has 0 aromatic heterocycles. The summed E-state index contributed by atoms with van der Waals surface area (Å²) in [5, 5.41) is 0. The third-order valence-electron chi connectivity index (χ3n) is 2.45. The van der Waals surface area contributed by atoms with Crippen LogP contribution >= 0.6 is 0 Å². The molecule has 0 saturated carbocycles. The molecule has 86 valence electrons. The Kier molecular flexibility index (Phi) is 6.28. The van der Waals surface area contributed by atoms with Crippen molar-refractivity contribution in [2.45, 2.75) is 32.0 Å². The second-order valence-electron chi connectivity index (χ2n) is 3.81. The zero-order chi connectivity index (χ0) is 11.6. The maximum Gasteiger partial charge on any atom is 0.0720 e. The smallest absolute Gasteiger partial charge is 0.0720 e. The van der Waals surface area contributed by atoms with Crippen LogP contribution in [0.5, 0.6) is 0 Å². The van der Waals surface area contributed by atoms with Crippen molar-refractivity contribution in [2.24, 2.45) is 0 Å². The largest absolute Gasteiger partial charge is 0.373 e. The van der Waals surface area contributed by atoms with E-state index < -0.39 is 0 Å². The van der Waals surface area contributed by atoms with Crippen LogP contribution in [0.3, 0.4) is 0 Å². The van der Waals surface area contributed by atoms with Crippen molar-refractivity contribution < 1.29 is 4.74 Å². The Hall–Kier alpha value is -1.34. The molecule has 0 radical (unpaired) electrons. The van der Waals surface area contributed by atoms with E-state index in [4.69, 9.17) is 4.74 Å². The molecule has 1 heteroatoms. The monoisotopic (exact) mass is 216 g/mol. The molecule has 0 saturated heterocycles. The average molecular weight is 216 g/mol. The van der Waals surface area contributed by atoms with Gasteiger partial charge in [-0.15, -0.1) is 13.2 Å². The maximum atomic E-state index is 5.85. The highest BCUT2D eigenvalue weighted by Crippen LogP contribution is 2.11. The van der Waals surface area contributed by atoms with Gasteiger partial charge in [-0.1, -0.05) is 42.5 Å². The minimum absolute atomic E-state index is 0.260. The summed E-state index contributed by atoms with van der Waals surface area (Å²) >= 11 is 0. The molecule has 0 aliphatic heterocycles. The number of allylic oxidation sites excluding steroid dienone is 1. The first-order valence-electron chi connectivity index (χ1n) is 5.74. The predicted octanol–water partition coefficient (Wildman–Crippen LogP) is 4.11. The molecule has 16 heavy (non-hydrogen) atoms. The average Bonchev–Trinajstić information content (AvgIpc) is 2.34. The number of rotatable bonds is 8. The second kappa shape index (κ2) is 7.89. The van der Waals surface area contributed by atoms with Crippen molar-refractivity contribution >= 4 is 0 Å². The van der Waals surface area contributed by atoms with Gasteiger partial charge in [-0.2, -0.15) is 0 Å². The van der Waals surface area contributed by atoms with Crippen molar-refractivity contribution in [3.05, 3.63) is 61.2 Å². The van der Waals surface area contributed by atoms with Crippen LogP contribution < -0.4 is 0 Å². The number of ether oxygens (including phenoxy) is 1. The number of hydrogen-bond donors (Lipinski definition) is 0. The van der Waals surface area contributed by atoms with E-state index in [1.165, 1.54) is 5.56 Å². The molecule has 0 heterocycles. The molecular formula is C15H20O. The summed E-state index contributed by atoms with van der Waals surface area (Å²) in [7, 11) is 0. The Labute approximate surface area is 98.5 Å².